The van der Waals surface area contributed by atoms with Gasteiger partial charge in [0.05, 0.1) is 5.52 Å². The molecular formula is C22H33N. The number of benzene rings is 1. The lowest BCUT2D eigenvalue weighted by atomic mass is 9.67. The van der Waals surface area contributed by atoms with Crippen molar-refractivity contribution in [3.05, 3.63) is 41.1 Å². The zero-order chi connectivity index (χ0) is 17.0. The van der Waals surface area contributed by atoms with Crippen LogP contribution in [0.25, 0.3) is 10.9 Å². The van der Waals surface area contributed by atoms with Gasteiger partial charge < -0.3 is 0 Å². The minimum absolute atomic E-state index is 0.349. The highest BCUT2D eigenvalue weighted by Gasteiger charge is 2.32. The average Bonchev–Trinajstić information content (AvgIpc) is 2.55. The summed E-state index contributed by atoms with van der Waals surface area (Å²) in [6, 6.07) is 9.24. The molecule has 1 nitrogen and oxygen atoms in total. The first-order valence-corrected chi connectivity index (χ1v) is 9.42. The van der Waals surface area contributed by atoms with Crippen LogP contribution in [-0.2, 0) is 11.8 Å². The van der Waals surface area contributed by atoms with Crippen molar-refractivity contribution in [1.29, 1.82) is 0 Å². The molecule has 0 radical (unpaired) electrons. The molecule has 1 heteroatoms. The zero-order valence-electron chi connectivity index (χ0n) is 15.9. The maximum atomic E-state index is 4.71. The van der Waals surface area contributed by atoms with Crippen LogP contribution in [0.3, 0.4) is 0 Å². The number of nitrogens with zero attached hydrogens (tertiary/aromatic N) is 1. The summed E-state index contributed by atoms with van der Waals surface area (Å²) in [6.07, 6.45) is 6.48. The lowest BCUT2D eigenvalue weighted by molar-refractivity contribution is 0.252. The molecular weight excluding hydrogens is 278 g/mol. The highest BCUT2D eigenvalue weighted by Crippen LogP contribution is 2.42. The van der Waals surface area contributed by atoms with Gasteiger partial charge in [0.25, 0.3) is 0 Å². The highest BCUT2D eigenvalue weighted by molar-refractivity contribution is 5.83. The zero-order valence-corrected chi connectivity index (χ0v) is 15.9. The average molecular weight is 312 g/mol. The molecule has 1 aliphatic rings. The van der Waals surface area contributed by atoms with Gasteiger partial charge >= 0.3 is 0 Å². The molecule has 1 heterocycles. The third kappa shape index (κ3) is 3.76. The Morgan fingerprint density at radius 3 is 2.61 bits per heavy atom. The van der Waals surface area contributed by atoms with E-state index in [4.69, 9.17) is 4.98 Å². The summed E-state index contributed by atoms with van der Waals surface area (Å²) in [5, 5.41) is 1.36. The quantitative estimate of drug-likeness (QED) is 0.609. The second-order valence-electron chi connectivity index (χ2n) is 7.27. The molecule has 2 aromatic rings. The number of aryl methyl sites for hydroxylation is 2. The summed E-state index contributed by atoms with van der Waals surface area (Å²) in [5.74, 6) is 0.848. The van der Waals surface area contributed by atoms with Crippen molar-refractivity contribution in [2.24, 2.45) is 5.92 Å². The largest absolute Gasteiger partial charge is 0.253 e. The molecule has 1 aromatic carbocycles. The Bertz CT molecular complexity index is 658. The number of aromatic nitrogens is 1. The third-order valence-corrected chi connectivity index (χ3v) is 5.32. The fraction of sp³-hybridized carbons (Fsp3) is 0.591. The van der Waals surface area contributed by atoms with Crippen molar-refractivity contribution in [3.8, 4) is 0 Å². The first-order valence-electron chi connectivity index (χ1n) is 9.42. The lowest BCUT2D eigenvalue weighted by Gasteiger charge is -2.37. The molecule has 2 unspecified atom stereocenters. The van der Waals surface area contributed by atoms with Gasteiger partial charge in [0, 0.05) is 11.1 Å². The fourth-order valence-electron chi connectivity index (χ4n) is 4.19. The van der Waals surface area contributed by atoms with Crippen LogP contribution >= 0.6 is 0 Å². The molecule has 0 saturated heterocycles. The molecule has 0 aliphatic heterocycles. The predicted octanol–water partition coefficient (Wildman–Crippen LogP) is 6.60. The molecule has 3 rings (SSSR count). The normalized spacial score (nSPS) is 24.2. The standard InChI is InChI=1S/C20H27N.C2H6/c1-5-16-11-15(3)21-19-9-8-17(12-18(16)19)20(4)10-6-7-14(2)13-20;1-2/h8-9,11-12,14H,5-7,10,13H2,1-4H3;1-2H3. The number of rotatable bonds is 2. The minimum atomic E-state index is 0.349. The van der Waals surface area contributed by atoms with Crippen LogP contribution in [-0.4, -0.2) is 4.98 Å². The van der Waals surface area contributed by atoms with Crippen molar-refractivity contribution in [1.82, 2.24) is 4.98 Å². The van der Waals surface area contributed by atoms with Crippen LogP contribution in [0.4, 0.5) is 0 Å². The molecule has 23 heavy (non-hydrogen) atoms. The van der Waals surface area contributed by atoms with E-state index in [1.165, 1.54) is 42.2 Å². The number of pyridine rings is 1. The van der Waals surface area contributed by atoms with Crippen molar-refractivity contribution in [2.45, 2.75) is 79.1 Å². The van der Waals surface area contributed by atoms with Crippen LogP contribution in [0, 0.1) is 12.8 Å². The van der Waals surface area contributed by atoms with Crippen LogP contribution in [0.1, 0.15) is 77.1 Å². The van der Waals surface area contributed by atoms with E-state index in [0.29, 0.717) is 5.41 Å². The molecule has 0 spiro atoms. The second kappa shape index (κ2) is 7.47. The molecule has 0 amide bonds. The van der Waals surface area contributed by atoms with Crippen molar-refractivity contribution >= 4 is 10.9 Å². The van der Waals surface area contributed by atoms with E-state index >= 15 is 0 Å². The van der Waals surface area contributed by atoms with Gasteiger partial charge in [-0.25, -0.2) is 0 Å². The summed E-state index contributed by atoms with van der Waals surface area (Å²) < 4.78 is 0. The van der Waals surface area contributed by atoms with Gasteiger partial charge in [-0.1, -0.05) is 53.5 Å². The van der Waals surface area contributed by atoms with E-state index in [1.807, 2.05) is 13.8 Å². The Kier molecular flexibility index (Phi) is 5.84. The van der Waals surface area contributed by atoms with Gasteiger partial charge in [0.1, 0.15) is 0 Å². The summed E-state index contributed by atoms with van der Waals surface area (Å²) in [5.41, 5.74) is 5.59. The van der Waals surface area contributed by atoms with Gasteiger partial charge in [0.15, 0.2) is 0 Å². The fourth-order valence-corrected chi connectivity index (χ4v) is 4.19. The van der Waals surface area contributed by atoms with E-state index in [1.54, 1.807) is 0 Å². The van der Waals surface area contributed by atoms with Crippen molar-refractivity contribution < 1.29 is 0 Å². The number of fused-ring (bicyclic) bond motifs is 1. The Morgan fingerprint density at radius 2 is 1.96 bits per heavy atom. The first kappa shape index (κ1) is 18.0. The molecule has 0 N–H and O–H groups in total. The molecule has 1 saturated carbocycles. The van der Waals surface area contributed by atoms with Crippen LogP contribution in [0.2, 0.25) is 0 Å². The molecule has 0 bridgehead atoms. The van der Waals surface area contributed by atoms with E-state index < -0.39 is 0 Å². The summed E-state index contributed by atoms with van der Waals surface area (Å²) >= 11 is 0. The van der Waals surface area contributed by atoms with Gasteiger partial charge in [-0.15, -0.1) is 0 Å². The Morgan fingerprint density at radius 1 is 1.22 bits per heavy atom. The number of hydrogen-bond donors (Lipinski definition) is 0. The van der Waals surface area contributed by atoms with E-state index in [0.717, 1.165) is 23.5 Å². The first-order chi connectivity index (χ1) is 11.0. The maximum absolute atomic E-state index is 4.71. The molecule has 126 valence electrons. The summed E-state index contributed by atoms with van der Waals surface area (Å²) in [4.78, 5) is 4.71. The van der Waals surface area contributed by atoms with Crippen LogP contribution < -0.4 is 0 Å². The van der Waals surface area contributed by atoms with Gasteiger partial charge in [0.2, 0.25) is 0 Å². The topological polar surface area (TPSA) is 12.9 Å². The van der Waals surface area contributed by atoms with Crippen LogP contribution in [0.5, 0.6) is 0 Å². The number of hydrogen-bond acceptors (Lipinski definition) is 1. The van der Waals surface area contributed by atoms with Gasteiger partial charge in [-0.2, -0.15) is 0 Å². The van der Waals surface area contributed by atoms with Gasteiger partial charge in [-0.05, 0) is 66.8 Å². The highest BCUT2D eigenvalue weighted by atomic mass is 14.7. The Hall–Kier alpha value is -1.37. The molecule has 2 atom stereocenters. The monoisotopic (exact) mass is 311 g/mol. The molecule has 1 aliphatic carbocycles. The minimum Gasteiger partial charge on any atom is -0.253 e. The molecule has 1 aromatic heterocycles. The van der Waals surface area contributed by atoms with Crippen molar-refractivity contribution in [3.63, 3.8) is 0 Å². The lowest BCUT2D eigenvalue weighted by Crippen LogP contribution is -2.28. The van der Waals surface area contributed by atoms with Gasteiger partial charge in [-0.3, -0.25) is 4.98 Å². The maximum Gasteiger partial charge on any atom is 0.0708 e. The van der Waals surface area contributed by atoms with Crippen molar-refractivity contribution in [2.75, 3.05) is 0 Å². The SMILES string of the molecule is CC.CCc1cc(C)nc2ccc(C3(C)CCCC(C)C3)cc12. The van der Waals surface area contributed by atoms with E-state index in [2.05, 4.69) is 52.0 Å². The summed E-state index contributed by atoms with van der Waals surface area (Å²) in [7, 11) is 0. The summed E-state index contributed by atoms with van der Waals surface area (Å²) in [6.45, 7) is 13.2. The Balaban J connectivity index is 0.000000924. The Labute approximate surface area is 142 Å². The van der Waals surface area contributed by atoms with E-state index in [-0.39, 0.29) is 0 Å². The third-order valence-electron chi connectivity index (χ3n) is 5.32. The van der Waals surface area contributed by atoms with Crippen LogP contribution in [0.15, 0.2) is 24.3 Å². The molecule has 1 fully saturated rings. The smallest absolute Gasteiger partial charge is 0.0708 e. The second-order valence-corrected chi connectivity index (χ2v) is 7.27. The predicted molar refractivity (Wildman–Crippen MR) is 102 cm³/mol. The van der Waals surface area contributed by atoms with E-state index in [9.17, 15) is 0 Å².